The van der Waals surface area contributed by atoms with Crippen molar-refractivity contribution in [1.82, 2.24) is 0 Å². The van der Waals surface area contributed by atoms with Crippen molar-refractivity contribution in [2.24, 2.45) is 5.92 Å². The minimum absolute atomic E-state index is 0.0794. The summed E-state index contributed by atoms with van der Waals surface area (Å²) in [5.74, 6) is -0.472. The van der Waals surface area contributed by atoms with Gasteiger partial charge in [0.2, 0.25) is 0 Å². The molecular formula is C12H12BrFO2. The van der Waals surface area contributed by atoms with E-state index in [0.29, 0.717) is 10.0 Å². The summed E-state index contributed by atoms with van der Waals surface area (Å²) in [5.41, 5.74) is 0.588. The molecule has 0 aliphatic heterocycles. The SMILES string of the molecule is O=C(Cc1cc(F)ccc1Br)C(O)C1CC1. The van der Waals surface area contributed by atoms with Crippen molar-refractivity contribution in [2.45, 2.75) is 25.4 Å². The number of aliphatic hydroxyl groups excluding tert-OH is 1. The summed E-state index contributed by atoms with van der Waals surface area (Å²) in [6.45, 7) is 0. The lowest BCUT2D eigenvalue weighted by Gasteiger charge is -2.09. The molecular weight excluding hydrogens is 275 g/mol. The molecule has 1 N–H and O–H groups in total. The lowest BCUT2D eigenvalue weighted by molar-refractivity contribution is -0.127. The molecule has 86 valence electrons. The highest BCUT2D eigenvalue weighted by Gasteiger charge is 2.34. The van der Waals surface area contributed by atoms with E-state index in [0.717, 1.165) is 12.8 Å². The number of aliphatic hydroxyl groups is 1. The predicted octanol–water partition coefficient (Wildman–Crippen LogP) is 2.47. The third kappa shape index (κ3) is 2.68. The molecule has 1 aromatic rings. The number of carbonyl (C=O) groups excluding carboxylic acids is 1. The highest BCUT2D eigenvalue weighted by molar-refractivity contribution is 9.10. The third-order valence-corrected chi connectivity index (χ3v) is 3.54. The number of hydrogen-bond acceptors (Lipinski definition) is 2. The van der Waals surface area contributed by atoms with Crippen LogP contribution in [-0.4, -0.2) is 17.0 Å². The van der Waals surface area contributed by atoms with E-state index in [9.17, 15) is 14.3 Å². The molecule has 1 saturated carbocycles. The Kier molecular flexibility index (Phi) is 3.40. The first-order chi connectivity index (χ1) is 7.58. The van der Waals surface area contributed by atoms with E-state index in [4.69, 9.17) is 0 Å². The monoisotopic (exact) mass is 286 g/mol. The van der Waals surface area contributed by atoms with Crippen molar-refractivity contribution in [2.75, 3.05) is 0 Å². The van der Waals surface area contributed by atoms with Gasteiger partial charge in [-0.2, -0.15) is 0 Å². The summed E-state index contributed by atoms with van der Waals surface area (Å²) in [6, 6.07) is 4.22. The molecule has 0 amide bonds. The van der Waals surface area contributed by atoms with Crippen LogP contribution in [-0.2, 0) is 11.2 Å². The average molecular weight is 287 g/mol. The van der Waals surface area contributed by atoms with Crippen LogP contribution in [0.25, 0.3) is 0 Å². The van der Waals surface area contributed by atoms with Gasteiger partial charge in [-0.05, 0) is 42.5 Å². The van der Waals surface area contributed by atoms with Gasteiger partial charge < -0.3 is 5.11 Å². The number of benzene rings is 1. The van der Waals surface area contributed by atoms with Gasteiger partial charge in [-0.1, -0.05) is 15.9 Å². The van der Waals surface area contributed by atoms with Crippen LogP contribution in [0.5, 0.6) is 0 Å². The largest absolute Gasteiger partial charge is 0.385 e. The van der Waals surface area contributed by atoms with Crippen LogP contribution in [0, 0.1) is 11.7 Å². The zero-order valence-corrected chi connectivity index (χ0v) is 10.2. The van der Waals surface area contributed by atoms with Gasteiger partial charge in [0.05, 0.1) is 0 Å². The molecule has 0 spiro atoms. The highest BCUT2D eigenvalue weighted by Crippen LogP contribution is 2.33. The summed E-state index contributed by atoms with van der Waals surface area (Å²) in [4.78, 5) is 11.7. The summed E-state index contributed by atoms with van der Waals surface area (Å²) in [6.07, 6.45) is 1.03. The molecule has 1 aromatic carbocycles. The number of hydrogen-bond donors (Lipinski definition) is 1. The first-order valence-corrected chi connectivity index (χ1v) is 6.02. The van der Waals surface area contributed by atoms with Gasteiger partial charge in [0.25, 0.3) is 0 Å². The predicted molar refractivity (Wildman–Crippen MR) is 61.5 cm³/mol. The summed E-state index contributed by atoms with van der Waals surface area (Å²) >= 11 is 3.26. The molecule has 0 radical (unpaired) electrons. The van der Waals surface area contributed by atoms with E-state index >= 15 is 0 Å². The molecule has 1 unspecified atom stereocenters. The van der Waals surface area contributed by atoms with Gasteiger partial charge in [0.15, 0.2) is 5.78 Å². The molecule has 1 atom stereocenters. The summed E-state index contributed by atoms with van der Waals surface area (Å²) in [5, 5.41) is 9.62. The Bertz CT molecular complexity index is 415. The van der Waals surface area contributed by atoms with Crippen LogP contribution in [0.1, 0.15) is 18.4 Å². The van der Waals surface area contributed by atoms with E-state index in [-0.39, 0.29) is 23.9 Å². The molecule has 0 heterocycles. The summed E-state index contributed by atoms with van der Waals surface area (Å²) < 4.78 is 13.7. The molecule has 2 rings (SSSR count). The number of halogens is 2. The Morgan fingerprint density at radius 3 is 2.88 bits per heavy atom. The van der Waals surface area contributed by atoms with Crippen LogP contribution in [0.2, 0.25) is 0 Å². The van der Waals surface area contributed by atoms with Crippen LogP contribution in [0.3, 0.4) is 0 Å². The average Bonchev–Trinajstić information content (AvgIpc) is 3.06. The third-order valence-electron chi connectivity index (χ3n) is 2.77. The van der Waals surface area contributed by atoms with E-state index in [1.165, 1.54) is 12.1 Å². The fraction of sp³-hybridized carbons (Fsp3) is 0.417. The Morgan fingerprint density at radius 1 is 1.56 bits per heavy atom. The Hall–Kier alpha value is -0.740. The van der Waals surface area contributed by atoms with Crippen molar-refractivity contribution in [1.29, 1.82) is 0 Å². The first-order valence-electron chi connectivity index (χ1n) is 5.22. The van der Waals surface area contributed by atoms with Crippen molar-refractivity contribution in [3.05, 3.63) is 34.1 Å². The second kappa shape index (κ2) is 4.63. The maximum Gasteiger partial charge on any atom is 0.165 e. The number of Topliss-reactive ketones (excluding diaryl/α,β-unsaturated/α-hetero) is 1. The molecule has 0 bridgehead atoms. The van der Waals surface area contributed by atoms with Gasteiger partial charge in [-0.25, -0.2) is 4.39 Å². The molecule has 1 aliphatic rings. The zero-order valence-electron chi connectivity index (χ0n) is 8.62. The zero-order chi connectivity index (χ0) is 11.7. The maximum absolute atomic E-state index is 13.0. The van der Waals surface area contributed by atoms with E-state index in [1.54, 1.807) is 6.07 Å². The van der Waals surface area contributed by atoms with Crippen LogP contribution in [0.4, 0.5) is 4.39 Å². The van der Waals surface area contributed by atoms with Gasteiger partial charge in [0.1, 0.15) is 11.9 Å². The lowest BCUT2D eigenvalue weighted by atomic mass is 10.0. The van der Waals surface area contributed by atoms with Crippen LogP contribution >= 0.6 is 15.9 Å². The van der Waals surface area contributed by atoms with Crippen LogP contribution < -0.4 is 0 Å². The van der Waals surface area contributed by atoms with Crippen molar-refractivity contribution < 1.29 is 14.3 Å². The smallest absolute Gasteiger partial charge is 0.165 e. The van der Waals surface area contributed by atoms with Gasteiger partial charge >= 0.3 is 0 Å². The minimum atomic E-state index is -0.879. The number of ketones is 1. The fourth-order valence-corrected chi connectivity index (χ4v) is 2.03. The molecule has 4 heteroatoms. The van der Waals surface area contributed by atoms with Gasteiger partial charge in [0, 0.05) is 10.9 Å². The van der Waals surface area contributed by atoms with E-state index < -0.39 is 6.10 Å². The fourth-order valence-electron chi connectivity index (χ4n) is 1.65. The minimum Gasteiger partial charge on any atom is -0.385 e. The molecule has 0 aromatic heterocycles. The highest BCUT2D eigenvalue weighted by atomic mass is 79.9. The van der Waals surface area contributed by atoms with E-state index in [2.05, 4.69) is 15.9 Å². The molecule has 1 aliphatic carbocycles. The quantitative estimate of drug-likeness (QED) is 0.923. The maximum atomic E-state index is 13.0. The molecule has 2 nitrogen and oxygen atoms in total. The first kappa shape index (κ1) is 11.7. The molecule has 0 saturated heterocycles. The number of rotatable bonds is 4. The molecule has 16 heavy (non-hydrogen) atoms. The number of carbonyl (C=O) groups is 1. The Labute approximate surface area is 102 Å². The van der Waals surface area contributed by atoms with E-state index in [1.807, 2.05) is 0 Å². The molecule has 1 fully saturated rings. The normalized spacial score (nSPS) is 17.2. The van der Waals surface area contributed by atoms with Crippen molar-refractivity contribution >= 4 is 21.7 Å². The van der Waals surface area contributed by atoms with Gasteiger partial charge in [-0.15, -0.1) is 0 Å². The second-order valence-corrected chi connectivity index (χ2v) is 5.02. The Morgan fingerprint density at radius 2 is 2.25 bits per heavy atom. The summed E-state index contributed by atoms with van der Waals surface area (Å²) in [7, 11) is 0. The topological polar surface area (TPSA) is 37.3 Å². The van der Waals surface area contributed by atoms with Crippen LogP contribution in [0.15, 0.2) is 22.7 Å². The van der Waals surface area contributed by atoms with Crippen molar-refractivity contribution in [3.8, 4) is 0 Å². The Balaban J connectivity index is 2.07. The standard InChI is InChI=1S/C12H12BrFO2/c13-10-4-3-9(14)5-8(10)6-11(15)12(16)7-1-2-7/h3-5,7,12,16H,1-2,6H2. The van der Waals surface area contributed by atoms with Crippen molar-refractivity contribution in [3.63, 3.8) is 0 Å². The second-order valence-electron chi connectivity index (χ2n) is 4.16. The lowest BCUT2D eigenvalue weighted by Crippen LogP contribution is -2.24. The van der Waals surface area contributed by atoms with Gasteiger partial charge in [-0.3, -0.25) is 4.79 Å².